The first-order chi connectivity index (χ1) is 7.97. The average molecular weight is 412 g/mol. The van der Waals surface area contributed by atoms with Crippen LogP contribution in [0.3, 0.4) is 0 Å². The lowest BCUT2D eigenvalue weighted by Crippen LogP contribution is -2.39. The predicted molar refractivity (Wildman–Crippen MR) is 80.1 cm³/mol. The molecule has 1 amide bonds. The second kappa shape index (κ2) is 6.70. The highest BCUT2D eigenvalue weighted by Crippen LogP contribution is 2.20. The number of rotatable bonds is 4. The summed E-state index contributed by atoms with van der Waals surface area (Å²) in [6.45, 7) is 4.23. The molecule has 0 aromatic heterocycles. The van der Waals surface area contributed by atoms with Gasteiger partial charge in [-0.25, -0.2) is 0 Å². The van der Waals surface area contributed by atoms with Crippen LogP contribution in [-0.2, 0) is 0 Å². The maximum absolute atomic E-state index is 12.3. The summed E-state index contributed by atoms with van der Waals surface area (Å²) in [6, 6.07) is 5.70. The maximum atomic E-state index is 12.3. The minimum absolute atomic E-state index is 0.0193. The highest BCUT2D eigenvalue weighted by molar-refractivity contribution is 14.1. The standard InChI is InChI=1S/C12H15BrINO2/c1-8(2)15(5-6-16)12(17)10-7-9(13)3-4-11(10)14/h3-4,7-8,16H,5-6H2,1-2H3. The molecule has 0 saturated carbocycles. The van der Waals surface area contributed by atoms with E-state index in [1.54, 1.807) is 4.90 Å². The van der Waals surface area contributed by atoms with Gasteiger partial charge in [-0.3, -0.25) is 4.79 Å². The Bertz CT molecular complexity index is 409. The van der Waals surface area contributed by atoms with Crippen molar-refractivity contribution in [3.05, 3.63) is 31.8 Å². The number of benzene rings is 1. The molecule has 0 aliphatic carbocycles. The van der Waals surface area contributed by atoms with Crippen molar-refractivity contribution >= 4 is 44.4 Å². The lowest BCUT2D eigenvalue weighted by atomic mass is 10.1. The Kier molecular flexibility index (Phi) is 5.88. The maximum Gasteiger partial charge on any atom is 0.255 e. The fourth-order valence-corrected chi connectivity index (χ4v) is 2.45. The molecule has 0 fully saturated rings. The van der Waals surface area contributed by atoms with E-state index < -0.39 is 0 Å². The van der Waals surface area contributed by atoms with Crippen LogP contribution in [0.1, 0.15) is 24.2 Å². The van der Waals surface area contributed by atoms with Gasteiger partial charge in [-0.2, -0.15) is 0 Å². The summed E-state index contributed by atoms with van der Waals surface area (Å²) in [5, 5.41) is 9.00. The number of carbonyl (C=O) groups excluding carboxylic acids is 1. The molecule has 0 spiro atoms. The van der Waals surface area contributed by atoms with Crippen LogP contribution in [-0.4, -0.2) is 35.1 Å². The zero-order chi connectivity index (χ0) is 13.0. The Morgan fingerprint density at radius 3 is 2.71 bits per heavy atom. The van der Waals surface area contributed by atoms with Crippen molar-refractivity contribution < 1.29 is 9.90 Å². The van der Waals surface area contributed by atoms with E-state index in [1.165, 1.54) is 0 Å². The lowest BCUT2D eigenvalue weighted by Gasteiger charge is -2.26. The highest BCUT2D eigenvalue weighted by atomic mass is 127. The molecule has 0 bridgehead atoms. The van der Waals surface area contributed by atoms with Gasteiger partial charge in [0.15, 0.2) is 0 Å². The molecule has 1 N–H and O–H groups in total. The highest BCUT2D eigenvalue weighted by Gasteiger charge is 2.20. The van der Waals surface area contributed by atoms with E-state index in [0.29, 0.717) is 12.1 Å². The zero-order valence-electron chi connectivity index (χ0n) is 9.78. The van der Waals surface area contributed by atoms with Gasteiger partial charge in [-0.15, -0.1) is 0 Å². The number of amides is 1. The molecule has 5 heteroatoms. The van der Waals surface area contributed by atoms with Gasteiger partial charge in [0.05, 0.1) is 12.2 Å². The monoisotopic (exact) mass is 411 g/mol. The molecule has 0 atom stereocenters. The first-order valence-corrected chi connectivity index (χ1v) is 7.21. The quantitative estimate of drug-likeness (QED) is 0.774. The molecule has 0 heterocycles. The van der Waals surface area contributed by atoms with E-state index in [-0.39, 0.29) is 18.6 Å². The normalized spacial score (nSPS) is 10.7. The molecule has 3 nitrogen and oxygen atoms in total. The van der Waals surface area contributed by atoms with Crippen LogP contribution in [0, 0.1) is 3.57 Å². The van der Waals surface area contributed by atoms with E-state index in [0.717, 1.165) is 8.04 Å². The summed E-state index contributed by atoms with van der Waals surface area (Å²) in [5.74, 6) is -0.0419. The van der Waals surface area contributed by atoms with Crippen molar-refractivity contribution in [2.24, 2.45) is 0 Å². The molecule has 1 aromatic carbocycles. The van der Waals surface area contributed by atoms with E-state index >= 15 is 0 Å². The molecule has 17 heavy (non-hydrogen) atoms. The van der Waals surface area contributed by atoms with Gasteiger partial charge < -0.3 is 10.0 Å². The molecule has 0 aliphatic heterocycles. The van der Waals surface area contributed by atoms with Gasteiger partial charge in [0.25, 0.3) is 5.91 Å². The summed E-state index contributed by atoms with van der Waals surface area (Å²) in [7, 11) is 0. The average Bonchev–Trinajstić information content (AvgIpc) is 2.28. The summed E-state index contributed by atoms with van der Waals surface area (Å²) < 4.78 is 1.80. The summed E-state index contributed by atoms with van der Waals surface area (Å²) in [6.07, 6.45) is 0. The second-order valence-electron chi connectivity index (χ2n) is 3.94. The Morgan fingerprint density at radius 1 is 1.53 bits per heavy atom. The number of hydrogen-bond acceptors (Lipinski definition) is 2. The van der Waals surface area contributed by atoms with Crippen LogP contribution in [0.5, 0.6) is 0 Å². The Morgan fingerprint density at radius 2 is 2.18 bits per heavy atom. The summed E-state index contributed by atoms with van der Waals surface area (Å²) in [5.41, 5.74) is 0.669. The van der Waals surface area contributed by atoms with E-state index in [9.17, 15) is 4.79 Å². The zero-order valence-corrected chi connectivity index (χ0v) is 13.5. The first kappa shape index (κ1) is 14.9. The third-order valence-electron chi connectivity index (χ3n) is 2.38. The number of aliphatic hydroxyl groups is 1. The van der Waals surface area contributed by atoms with Crippen LogP contribution in [0.4, 0.5) is 0 Å². The van der Waals surface area contributed by atoms with Crippen molar-refractivity contribution in [1.29, 1.82) is 0 Å². The number of nitrogens with zero attached hydrogens (tertiary/aromatic N) is 1. The van der Waals surface area contributed by atoms with Crippen LogP contribution in [0.2, 0.25) is 0 Å². The third kappa shape index (κ3) is 3.93. The van der Waals surface area contributed by atoms with Crippen molar-refractivity contribution in [2.75, 3.05) is 13.2 Å². The summed E-state index contributed by atoms with van der Waals surface area (Å²) in [4.78, 5) is 14.0. The van der Waals surface area contributed by atoms with Crippen LogP contribution < -0.4 is 0 Å². The van der Waals surface area contributed by atoms with Gasteiger partial charge in [-0.05, 0) is 54.6 Å². The minimum Gasteiger partial charge on any atom is -0.395 e. The van der Waals surface area contributed by atoms with E-state index in [4.69, 9.17) is 5.11 Å². The molecular weight excluding hydrogens is 397 g/mol. The van der Waals surface area contributed by atoms with E-state index in [2.05, 4.69) is 38.5 Å². The van der Waals surface area contributed by atoms with Crippen LogP contribution in [0.15, 0.2) is 22.7 Å². The number of halogens is 2. The minimum atomic E-state index is -0.0419. The molecular formula is C12H15BrINO2. The Balaban J connectivity index is 3.04. The smallest absolute Gasteiger partial charge is 0.255 e. The van der Waals surface area contributed by atoms with Gasteiger partial charge in [0.2, 0.25) is 0 Å². The molecule has 0 saturated heterocycles. The van der Waals surface area contributed by atoms with Crippen molar-refractivity contribution in [3.8, 4) is 0 Å². The molecule has 94 valence electrons. The first-order valence-electron chi connectivity index (χ1n) is 5.34. The molecule has 0 aliphatic rings. The molecule has 0 unspecified atom stereocenters. The SMILES string of the molecule is CC(C)N(CCO)C(=O)c1cc(Br)ccc1I. The summed E-state index contributed by atoms with van der Waals surface area (Å²) >= 11 is 5.51. The predicted octanol–water partition coefficient (Wildman–Crippen LogP) is 2.90. The van der Waals surface area contributed by atoms with Crippen LogP contribution in [0.25, 0.3) is 0 Å². The van der Waals surface area contributed by atoms with Gasteiger partial charge in [0.1, 0.15) is 0 Å². The Labute approximate surface area is 123 Å². The number of hydrogen-bond donors (Lipinski definition) is 1. The molecule has 1 aromatic rings. The Hall–Kier alpha value is -0.140. The fraction of sp³-hybridized carbons (Fsp3) is 0.417. The van der Waals surface area contributed by atoms with Crippen molar-refractivity contribution in [3.63, 3.8) is 0 Å². The van der Waals surface area contributed by atoms with Crippen LogP contribution >= 0.6 is 38.5 Å². The van der Waals surface area contributed by atoms with Crippen molar-refractivity contribution in [1.82, 2.24) is 4.90 Å². The molecule has 0 radical (unpaired) electrons. The second-order valence-corrected chi connectivity index (χ2v) is 6.02. The third-order valence-corrected chi connectivity index (χ3v) is 3.82. The number of carbonyl (C=O) groups is 1. The largest absolute Gasteiger partial charge is 0.395 e. The molecule has 1 rings (SSSR count). The number of aliphatic hydroxyl groups excluding tert-OH is 1. The van der Waals surface area contributed by atoms with Gasteiger partial charge in [0, 0.05) is 20.6 Å². The van der Waals surface area contributed by atoms with Gasteiger partial charge in [-0.1, -0.05) is 15.9 Å². The fourth-order valence-electron chi connectivity index (χ4n) is 1.52. The van der Waals surface area contributed by atoms with Crippen molar-refractivity contribution in [2.45, 2.75) is 19.9 Å². The lowest BCUT2D eigenvalue weighted by molar-refractivity contribution is 0.0664. The topological polar surface area (TPSA) is 40.5 Å². The van der Waals surface area contributed by atoms with E-state index in [1.807, 2.05) is 32.0 Å². The van der Waals surface area contributed by atoms with Gasteiger partial charge >= 0.3 is 0 Å².